The Morgan fingerprint density at radius 3 is 2.52 bits per heavy atom. The molecular formula is C18H21F2N3. The van der Waals surface area contributed by atoms with E-state index in [0.29, 0.717) is 17.7 Å². The van der Waals surface area contributed by atoms with Crippen molar-refractivity contribution in [2.24, 2.45) is 0 Å². The van der Waals surface area contributed by atoms with E-state index in [-0.39, 0.29) is 22.7 Å². The molecule has 5 heteroatoms. The van der Waals surface area contributed by atoms with Crippen LogP contribution in [0.5, 0.6) is 0 Å². The van der Waals surface area contributed by atoms with E-state index in [1.165, 1.54) is 18.2 Å². The Bertz CT molecular complexity index is 700. The van der Waals surface area contributed by atoms with Crippen LogP contribution >= 0.6 is 0 Å². The van der Waals surface area contributed by atoms with Crippen LogP contribution in [-0.4, -0.2) is 5.71 Å². The predicted octanol–water partition coefficient (Wildman–Crippen LogP) is 5.10. The number of halogens is 2. The van der Waals surface area contributed by atoms with Crippen LogP contribution in [0.25, 0.3) is 0 Å². The molecule has 0 bridgehead atoms. The summed E-state index contributed by atoms with van der Waals surface area (Å²) < 4.78 is 27.0. The maximum Gasteiger partial charge on any atom is 0.148 e. The van der Waals surface area contributed by atoms with Gasteiger partial charge in [0.15, 0.2) is 0 Å². The van der Waals surface area contributed by atoms with Crippen LogP contribution in [0.4, 0.5) is 20.2 Å². The normalized spacial score (nSPS) is 11.6. The van der Waals surface area contributed by atoms with Gasteiger partial charge in [0.05, 0.1) is 11.4 Å². The van der Waals surface area contributed by atoms with Gasteiger partial charge in [-0.3, -0.25) is 0 Å². The molecule has 0 aromatic heterocycles. The minimum atomic E-state index is -0.592. The lowest BCUT2D eigenvalue weighted by Crippen LogP contribution is -2.06. The van der Waals surface area contributed by atoms with Crippen LogP contribution < -0.4 is 11.1 Å². The molecule has 1 rings (SSSR count). The molecule has 0 fully saturated rings. The van der Waals surface area contributed by atoms with Crippen molar-refractivity contribution in [3.8, 4) is 0 Å². The van der Waals surface area contributed by atoms with Crippen molar-refractivity contribution >= 4 is 17.1 Å². The summed E-state index contributed by atoms with van der Waals surface area (Å²) in [6, 6.07) is 2.59. The second-order valence-corrected chi connectivity index (χ2v) is 4.90. The fraction of sp³-hybridized carbons (Fsp3) is 0.167. The largest absolute Gasteiger partial charge is 0.398 e. The Morgan fingerprint density at radius 1 is 1.35 bits per heavy atom. The summed E-state index contributed by atoms with van der Waals surface area (Å²) in [4.78, 5) is 0. The van der Waals surface area contributed by atoms with Crippen molar-refractivity contribution < 1.29 is 8.78 Å². The first-order valence-electron chi connectivity index (χ1n) is 7.12. The number of benzene rings is 1. The Morgan fingerprint density at radius 2 is 2.00 bits per heavy atom. The van der Waals surface area contributed by atoms with E-state index >= 15 is 0 Å². The van der Waals surface area contributed by atoms with Crippen molar-refractivity contribution in [2.45, 2.75) is 20.3 Å². The lowest BCUT2D eigenvalue weighted by atomic mass is 10.0. The molecule has 0 unspecified atom stereocenters. The second kappa shape index (κ2) is 8.08. The zero-order chi connectivity index (χ0) is 17.6. The smallest absolute Gasteiger partial charge is 0.148 e. The van der Waals surface area contributed by atoms with Gasteiger partial charge in [-0.25, -0.2) is 8.78 Å². The van der Waals surface area contributed by atoms with Crippen LogP contribution in [-0.2, 0) is 0 Å². The maximum atomic E-state index is 13.9. The van der Waals surface area contributed by atoms with Crippen LogP contribution in [0.1, 0.15) is 25.8 Å². The third kappa shape index (κ3) is 4.92. The standard InChI is InChI=1S/C18H21F2N3/c1-5-11(3)23-18-9-14(17(22)10-15(18)20)16(21)8-7-13(6-2)12(4)19/h6-10,21,23H,3-5,22H2,1-2H3/b8-7+,13-6-,21-16?. The molecule has 0 aliphatic rings. The topological polar surface area (TPSA) is 61.9 Å². The first-order chi connectivity index (χ1) is 10.8. The molecule has 4 N–H and O–H groups in total. The first kappa shape index (κ1) is 18.4. The molecule has 0 radical (unpaired) electrons. The fourth-order valence-electron chi connectivity index (χ4n) is 1.80. The Labute approximate surface area is 135 Å². The summed E-state index contributed by atoms with van der Waals surface area (Å²) in [5.74, 6) is -1.12. The van der Waals surface area contributed by atoms with E-state index in [1.807, 2.05) is 6.92 Å². The van der Waals surface area contributed by atoms with Crippen molar-refractivity contribution in [2.75, 3.05) is 11.1 Å². The summed E-state index contributed by atoms with van der Waals surface area (Å²) in [5, 5.41) is 10.9. The average molecular weight is 317 g/mol. The molecule has 0 aliphatic heterocycles. The van der Waals surface area contributed by atoms with Gasteiger partial charge >= 0.3 is 0 Å². The van der Waals surface area contributed by atoms with E-state index in [1.54, 1.807) is 13.0 Å². The molecule has 1 aromatic carbocycles. The fourth-order valence-corrected chi connectivity index (χ4v) is 1.80. The number of allylic oxidation sites excluding steroid dienone is 6. The number of anilines is 2. The summed E-state index contributed by atoms with van der Waals surface area (Å²) in [6.07, 6.45) is 4.99. The van der Waals surface area contributed by atoms with Crippen molar-refractivity contribution in [3.63, 3.8) is 0 Å². The van der Waals surface area contributed by atoms with Crippen LogP contribution in [0.3, 0.4) is 0 Å². The summed E-state index contributed by atoms with van der Waals surface area (Å²) in [5.41, 5.74) is 7.40. The molecule has 1 aromatic rings. The lowest BCUT2D eigenvalue weighted by Gasteiger charge is -2.12. The number of nitrogens with one attached hydrogen (secondary N) is 2. The van der Waals surface area contributed by atoms with Crippen LogP contribution in [0.15, 0.2) is 60.6 Å². The van der Waals surface area contributed by atoms with E-state index < -0.39 is 11.6 Å². The van der Waals surface area contributed by atoms with Gasteiger partial charge in [0.25, 0.3) is 0 Å². The van der Waals surface area contributed by atoms with Gasteiger partial charge in [-0.2, -0.15) is 0 Å². The quantitative estimate of drug-likeness (QED) is 0.372. The molecular weight excluding hydrogens is 296 g/mol. The third-order valence-corrected chi connectivity index (χ3v) is 3.22. The van der Waals surface area contributed by atoms with E-state index in [9.17, 15) is 8.78 Å². The number of nitrogens with two attached hydrogens (primary N) is 1. The minimum Gasteiger partial charge on any atom is -0.398 e. The lowest BCUT2D eigenvalue weighted by molar-refractivity contribution is 0.632. The molecule has 0 heterocycles. The van der Waals surface area contributed by atoms with Gasteiger partial charge in [0.1, 0.15) is 11.6 Å². The highest BCUT2D eigenvalue weighted by Gasteiger charge is 2.11. The summed E-state index contributed by atoms with van der Waals surface area (Å²) in [7, 11) is 0. The van der Waals surface area contributed by atoms with E-state index in [2.05, 4.69) is 18.5 Å². The van der Waals surface area contributed by atoms with Crippen molar-refractivity contribution in [1.82, 2.24) is 0 Å². The average Bonchev–Trinajstić information content (AvgIpc) is 2.49. The molecule has 0 atom stereocenters. The van der Waals surface area contributed by atoms with Gasteiger partial charge in [0, 0.05) is 22.5 Å². The Hall–Kier alpha value is -2.69. The second-order valence-electron chi connectivity index (χ2n) is 4.90. The van der Waals surface area contributed by atoms with Gasteiger partial charge < -0.3 is 16.5 Å². The molecule has 122 valence electrons. The van der Waals surface area contributed by atoms with E-state index in [0.717, 1.165) is 6.07 Å². The van der Waals surface area contributed by atoms with Gasteiger partial charge in [0.2, 0.25) is 0 Å². The zero-order valence-electron chi connectivity index (χ0n) is 13.3. The highest BCUT2D eigenvalue weighted by Crippen LogP contribution is 2.24. The molecule has 0 aliphatic carbocycles. The molecule has 0 spiro atoms. The molecule has 0 saturated carbocycles. The predicted molar refractivity (Wildman–Crippen MR) is 93.8 cm³/mol. The van der Waals surface area contributed by atoms with Gasteiger partial charge in [-0.1, -0.05) is 32.2 Å². The first-order valence-corrected chi connectivity index (χ1v) is 7.12. The number of nitrogen functional groups attached to an aromatic ring is 1. The number of hydrogen-bond donors (Lipinski definition) is 3. The highest BCUT2D eigenvalue weighted by atomic mass is 19.1. The monoisotopic (exact) mass is 317 g/mol. The number of hydrogen-bond acceptors (Lipinski definition) is 3. The third-order valence-electron chi connectivity index (χ3n) is 3.22. The van der Waals surface area contributed by atoms with Crippen molar-refractivity contribution in [1.29, 1.82) is 5.41 Å². The zero-order valence-corrected chi connectivity index (χ0v) is 13.3. The van der Waals surface area contributed by atoms with Gasteiger partial charge in [-0.15, -0.1) is 0 Å². The molecule has 0 amide bonds. The van der Waals surface area contributed by atoms with Crippen LogP contribution in [0, 0.1) is 11.2 Å². The highest BCUT2D eigenvalue weighted by molar-refractivity contribution is 6.10. The molecule has 23 heavy (non-hydrogen) atoms. The summed E-state index contributed by atoms with van der Waals surface area (Å²) in [6.45, 7) is 10.5. The molecule has 0 saturated heterocycles. The molecule has 3 nitrogen and oxygen atoms in total. The van der Waals surface area contributed by atoms with Crippen molar-refractivity contribution in [3.05, 3.63) is 72.0 Å². The minimum absolute atomic E-state index is 0.0354. The summed E-state index contributed by atoms with van der Waals surface area (Å²) >= 11 is 0. The Kier molecular flexibility index (Phi) is 6.45. The Balaban J connectivity index is 3.14. The van der Waals surface area contributed by atoms with Gasteiger partial charge in [-0.05, 0) is 31.6 Å². The SMILES string of the molecule is C=C(CC)Nc1cc(C(=N)/C=C/C(=C/C)C(=C)F)c(N)cc1F. The van der Waals surface area contributed by atoms with Crippen LogP contribution in [0.2, 0.25) is 0 Å². The number of rotatable bonds is 7. The maximum absolute atomic E-state index is 13.9. The van der Waals surface area contributed by atoms with E-state index in [4.69, 9.17) is 11.1 Å².